The minimum absolute atomic E-state index is 0.182. The van der Waals surface area contributed by atoms with Crippen molar-refractivity contribution in [1.82, 2.24) is 14.5 Å². The predicted molar refractivity (Wildman–Crippen MR) is 205 cm³/mol. The van der Waals surface area contributed by atoms with E-state index in [1.54, 1.807) is 0 Å². The fraction of sp³-hybridized carbons (Fsp3) is 0.0698. The molecule has 0 saturated heterocycles. The molecule has 48 heavy (non-hydrogen) atoms. The predicted octanol–water partition coefficient (Wildman–Crippen LogP) is 9.30. The van der Waals surface area contributed by atoms with E-state index in [0.717, 1.165) is 22.5 Å². The Labute approximate surface area is 285 Å². The number of para-hydroxylation sites is 2. The van der Waals surface area contributed by atoms with Gasteiger partial charge in [0.1, 0.15) is 0 Å². The minimum atomic E-state index is -2.20. The van der Waals surface area contributed by atoms with E-state index in [2.05, 4.69) is 152 Å². The minimum Gasteiger partial charge on any atom is -0.309 e. The van der Waals surface area contributed by atoms with Crippen molar-refractivity contribution in [2.75, 3.05) is 0 Å². The molecule has 9 rings (SSSR count). The van der Waals surface area contributed by atoms with Gasteiger partial charge >= 0.3 is 0 Å². The fourth-order valence-electron chi connectivity index (χ4n) is 7.50. The molecule has 2 aromatic heterocycles. The van der Waals surface area contributed by atoms with Crippen LogP contribution in [-0.4, -0.2) is 14.5 Å². The van der Waals surface area contributed by atoms with Gasteiger partial charge in [-0.05, 0) is 56.9 Å². The molecule has 0 spiro atoms. The quantitative estimate of drug-likeness (QED) is 0.174. The Morgan fingerprint density at radius 2 is 1.12 bits per heavy atom. The van der Waals surface area contributed by atoms with E-state index in [-0.39, 0.29) is 5.41 Å². The molecule has 6 aromatic carbocycles. The van der Waals surface area contributed by atoms with Crippen molar-refractivity contribution in [1.29, 1.82) is 0 Å². The Balaban J connectivity index is 1.07. The van der Waals surface area contributed by atoms with Gasteiger partial charge in [0.2, 0.25) is 0 Å². The maximum atomic E-state index is 6.53. The van der Waals surface area contributed by atoms with Gasteiger partial charge < -0.3 is 4.57 Å². The molecule has 230 valence electrons. The Bertz CT molecular complexity index is 2490. The summed E-state index contributed by atoms with van der Waals surface area (Å²) >= 11 is 6.53. The van der Waals surface area contributed by atoms with Crippen LogP contribution in [0.5, 0.6) is 0 Å². The average molecular weight is 654 g/mol. The summed E-state index contributed by atoms with van der Waals surface area (Å²) in [4.78, 5) is 9.76. The summed E-state index contributed by atoms with van der Waals surface area (Å²) in [6.45, 7) is 4.66. The lowest BCUT2D eigenvalue weighted by Crippen LogP contribution is -2.26. The number of rotatable bonds is 5. The van der Waals surface area contributed by atoms with Gasteiger partial charge in [0.25, 0.3) is 0 Å². The van der Waals surface area contributed by atoms with Crippen LogP contribution in [0.4, 0.5) is 0 Å². The van der Waals surface area contributed by atoms with Crippen LogP contribution in [0.25, 0.3) is 50.0 Å². The number of benzene rings is 6. The molecule has 0 aliphatic carbocycles. The Morgan fingerprint density at radius 3 is 1.81 bits per heavy atom. The van der Waals surface area contributed by atoms with Gasteiger partial charge in [-0.3, -0.25) is 0 Å². The second kappa shape index (κ2) is 11.0. The highest BCUT2D eigenvalue weighted by Gasteiger charge is 2.35. The molecule has 0 bridgehead atoms. The molecule has 0 radical (unpaired) electrons. The highest BCUT2D eigenvalue weighted by atomic mass is 32.4. The molecule has 0 atom stereocenters. The first-order chi connectivity index (χ1) is 23.4. The Morgan fingerprint density at radius 1 is 0.542 bits per heavy atom. The van der Waals surface area contributed by atoms with Gasteiger partial charge in [-0.15, -0.1) is 0 Å². The zero-order chi connectivity index (χ0) is 32.5. The van der Waals surface area contributed by atoms with E-state index < -0.39 is 6.04 Å². The molecule has 5 heteroatoms. The molecule has 1 aliphatic rings. The van der Waals surface area contributed by atoms with Gasteiger partial charge in [0.15, 0.2) is 5.82 Å². The molecule has 3 heterocycles. The van der Waals surface area contributed by atoms with E-state index in [1.807, 2.05) is 24.5 Å². The van der Waals surface area contributed by atoms with Crippen LogP contribution in [0.2, 0.25) is 0 Å². The zero-order valence-electron chi connectivity index (χ0n) is 26.7. The van der Waals surface area contributed by atoms with Gasteiger partial charge in [-0.2, -0.15) is 0 Å². The van der Waals surface area contributed by atoms with E-state index >= 15 is 0 Å². The van der Waals surface area contributed by atoms with Crippen molar-refractivity contribution in [2.45, 2.75) is 19.3 Å². The van der Waals surface area contributed by atoms with Crippen LogP contribution in [0.15, 0.2) is 158 Å². The summed E-state index contributed by atoms with van der Waals surface area (Å²) in [5, 5.41) is 6.14. The van der Waals surface area contributed by atoms with Crippen LogP contribution < -0.4 is 15.9 Å². The van der Waals surface area contributed by atoms with Gasteiger partial charge in [0.05, 0.1) is 16.7 Å². The van der Waals surface area contributed by atoms with Crippen molar-refractivity contribution in [2.24, 2.45) is 0 Å². The molecule has 0 fully saturated rings. The molecular formula is C43H32N3PS. The molecule has 3 nitrogen and oxygen atoms in total. The lowest BCUT2D eigenvalue weighted by molar-refractivity contribution is 0.630. The van der Waals surface area contributed by atoms with Crippen molar-refractivity contribution in [3.05, 3.63) is 169 Å². The third kappa shape index (κ3) is 4.30. The summed E-state index contributed by atoms with van der Waals surface area (Å²) in [6, 6.07) is 49.7. The zero-order valence-corrected chi connectivity index (χ0v) is 28.4. The van der Waals surface area contributed by atoms with Crippen LogP contribution in [0, 0.1) is 0 Å². The normalized spacial score (nSPS) is 13.5. The largest absolute Gasteiger partial charge is 0.309 e. The number of fused-ring (bicyclic) bond motifs is 5. The first kappa shape index (κ1) is 29.0. The summed E-state index contributed by atoms with van der Waals surface area (Å²) in [5.41, 5.74) is 9.25. The van der Waals surface area contributed by atoms with E-state index in [0.29, 0.717) is 0 Å². The van der Waals surface area contributed by atoms with E-state index in [9.17, 15) is 0 Å². The van der Waals surface area contributed by atoms with Crippen molar-refractivity contribution >= 4 is 55.6 Å². The maximum absolute atomic E-state index is 6.53. The molecule has 1 aliphatic heterocycles. The van der Waals surface area contributed by atoms with Crippen LogP contribution >= 0.6 is 6.04 Å². The third-order valence-corrected chi connectivity index (χ3v) is 15.0. The monoisotopic (exact) mass is 653 g/mol. The first-order valence-corrected chi connectivity index (χ1v) is 19.1. The summed E-state index contributed by atoms with van der Waals surface area (Å²) in [5.74, 6) is 0.721. The smallest absolute Gasteiger partial charge is 0.159 e. The summed E-state index contributed by atoms with van der Waals surface area (Å²) < 4.78 is 2.44. The lowest BCUT2D eigenvalue weighted by Gasteiger charge is -2.35. The average Bonchev–Trinajstić information content (AvgIpc) is 3.49. The topological polar surface area (TPSA) is 30.7 Å². The number of hydrogen-bond acceptors (Lipinski definition) is 3. The van der Waals surface area contributed by atoms with E-state index in [4.69, 9.17) is 21.8 Å². The SMILES string of the molecule is CC1(C)c2cc(-c3ncc(-c4ccc(P(=S)(c5ccccc5)c5ccccc5)cc4)cn3)ccc2-n2c3ccccc3c3cccc1c32. The van der Waals surface area contributed by atoms with Gasteiger partial charge in [-0.25, -0.2) is 9.97 Å². The molecule has 0 amide bonds. The Hall–Kier alpha value is -5.15. The van der Waals surface area contributed by atoms with Crippen LogP contribution in [-0.2, 0) is 17.2 Å². The molecule has 0 unspecified atom stereocenters. The summed E-state index contributed by atoms with van der Waals surface area (Å²) in [6.07, 6.45) is 3.87. The molecular weight excluding hydrogens is 622 g/mol. The maximum Gasteiger partial charge on any atom is 0.159 e. The second-order valence-electron chi connectivity index (χ2n) is 13.0. The Kier molecular flexibility index (Phi) is 6.62. The highest BCUT2D eigenvalue weighted by molar-refractivity contribution is 8.25. The first-order valence-electron chi connectivity index (χ1n) is 16.3. The fourth-order valence-corrected chi connectivity index (χ4v) is 11.2. The third-order valence-electron chi connectivity index (χ3n) is 9.99. The standard InChI is InChI=1S/C43H32N3PS/c1-43(2)37-18-11-17-36-35-16-9-10-19-39(35)46(41(36)37)40-25-22-30(26-38(40)43)42-44-27-31(28-45-42)29-20-23-34(24-21-29)47(48,32-12-5-3-6-13-32)33-14-7-4-8-15-33/h3-28H,1-2H3. The van der Waals surface area contributed by atoms with Crippen molar-refractivity contribution in [3.63, 3.8) is 0 Å². The van der Waals surface area contributed by atoms with Gasteiger partial charge in [0, 0.05) is 45.7 Å². The highest BCUT2D eigenvalue weighted by Crippen LogP contribution is 2.48. The van der Waals surface area contributed by atoms with Crippen molar-refractivity contribution < 1.29 is 0 Å². The van der Waals surface area contributed by atoms with E-state index in [1.165, 1.54) is 54.5 Å². The summed E-state index contributed by atoms with van der Waals surface area (Å²) in [7, 11) is 0. The van der Waals surface area contributed by atoms with Gasteiger partial charge in [-0.1, -0.05) is 147 Å². The lowest BCUT2D eigenvalue weighted by atomic mass is 9.74. The molecule has 0 N–H and O–H groups in total. The van der Waals surface area contributed by atoms with Crippen LogP contribution in [0.1, 0.15) is 25.0 Å². The number of hydrogen-bond donors (Lipinski definition) is 0. The van der Waals surface area contributed by atoms with Crippen LogP contribution in [0.3, 0.4) is 0 Å². The number of nitrogens with zero attached hydrogens (tertiary/aromatic N) is 3. The van der Waals surface area contributed by atoms with Crippen molar-refractivity contribution in [3.8, 4) is 28.2 Å². The second-order valence-corrected chi connectivity index (χ2v) is 17.4. The number of aromatic nitrogens is 3. The molecule has 8 aromatic rings. The molecule has 0 saturated carbocycles.